The van der Waals surface area contributed by atoms with Crippen LogP contribution in [0.3, 0.4) is 0 Å². The molecule has 0 bridgehead atoms. The minimum atomic E-state index is -0.0200. The van der Waals surface area contributed by atoms with Gasteiger partial charge >= 0.3 is 0 Å². The third-order valence-electron chi connectivity index (χ3n) is 5.18. The maximum Gasteiger partial charge on any atom is 0.263 e. The van der Waals surface area contributed by atoms with Gasteiger partial charge in [0.25, 0.3) is 5.91 Å². The van der Waals surface area contributed by atoms with Gasteiger partial charge in [-0.3, -0.25) is 14.4 Å². The van der Waals surface area contributed by atoms with Crippen LogP contribution in [0.5, 0.6) is 0 Å². The van der Waals surface area contributed by atoms with E-state index in [1.54, 1.807) is 12.1 Å². The molecule has 1 aliphatic rings. The summed E-state index contributed by atoms with van der Waals surface area (Å²) in [6.45, 7) is 3.31. The van der Waals surface area contributed by atoms with E-state index in [1.165, 1.54) is 18.3 Å². The predicted molar refractivity (Wildman–Crippen MR) is 115 cm³/mol. The topological polar surface area (TPSA) is 66.5 Å². The first-order chi connectivity index (χ1) is 13.9. The number of ketones is 1. The van der Waals surface area contributed by atoms with Crippen molar-refractivity contribution < 1.29 is 14.4 Å². The van der Waals surface area contributed by atoms with E-state index in [1.807, 2.05) is 29.2 Å². The molecule has 1 saturated heterocycles. The molecule has 2 heterocycles. The average molecular weight is 433 g/mol. The number of carbonyl (C=O) groups is 3. The van der Waals surface area contributed by atoms with E-state index in [0.29, 0.717) is 40.2 Å². The zero-order valence-corrected chi connectivity index (χ0v) is 18.0. The Morgan fingerprint density at radius 1 is 1.17 bits per heavy atom. The summed E-state index contributed by atoms with van der Waals surface area (Å²) < 4.78 is 0. The van der Waals surface area contributed by atoms with Crippen LogP contribution in [0.4, 0.5) is 0 Å². The Labute approximate surface area is 180 Å². The van der Waals surface area contributed by atoms with Gasteiger partial charge in [-0.2, -0.15) is 0 Å². The Hall–Kier alpha value is -2.18. The normalized spacial score (nSPS) is 16.5. The Morgan fingerprint density at radius 2 is 1.93 bits per heavy atom. The number of piperidine rings is 1. The van der Waals surface area contributed by atoms with Crippen LogP contribution in [0, 0.1) is 5.92 Å². The molecule has 0 saturated carbocycles. The molecule has 0 radical (unpaired) electrons. The van der Waals surface area contributed by atoms with Gasteiger partial charge in [0, 0.05) is 31.1 Å². The van der Waals surface area contributed by atoms with Crippen LogP contribution in [0.2, 0.25) is 5.02 Å². The minimum Gasteiger partial charge on any atom is -0.352 e. The molecule has 1 fully saturated rings. The van der Waals surface area contributed by atoms with E-state index in [-0.39, 0.29) is 17.6 Å². The van der Waals surface area contributed by atoms with Gasteiger partial charge in [-0.25, -0.2) is 0 Å². The fourth-order valence-electron chi connectivity index (χ4n) is 3.54. The van der Waals surface area contributed by atoms with Crippen LogP contribution in [-0.4, -0.2) is 35.6 Å². The molecule has 1 aliphatic heterocycles. The third kappa shape index (κ3) is 5.90. The predicted octanol–water partition coefficient (Wildman–Crippen LogP) is 4.55. The number of nitrogens with one attached hydrogen (secondary N) is 1. The fraction of sp³-hybridized carbons (Fsp3) is 0.409. The number of halogens is 1. The fourth-order valence-corrected chi connectivity index (χ4v) is 4.61. The first kappa shape index (κ1) is 21.5. The van der Waals surface area contributed by atoms with Gasteiger partial charge in [0.1, 0.15) is 0 Å². The first-order valence-corrected chi connectivity index (χ1v) is 11.0. The molecule has 1 aromatic carbocycles. The molecule has 0 aliphatic carbocycles. The van der Waals surface area contributed by atoms with Gasteiger partial charge in [-0.1, -0.05) is 29.8 Å². The van der Waals surface area contributed by atoms with E-state index in [4.69, 9.17) is 11.6 Å². The van der Waals surface area contributed by atoms with Crippen LogP contribution in [0.15, 0.2) is 36.4 Å². The maximum absolute atomic E-state index is 12.7. The Bertz CT molecular complexity index is 896. The third-order valence-corrected chi connectivity index (χ3v) is 6.73. The van der Waals surface area contributed by atoms with Crippen molar-refractivity contribution in [1.82, 2.24) is 10.2 Å². The van der Waals surface area contributed by atoms with Gasteiger partial charge in [0.15, 0.2) is 5.78 Å². The zero-order valence-electron chi connectivity index (χ0n) is 16.4. The molecule has 1 N–H and O–H groups in total. The molecule has 5 nitrogen and oxygen atoms in total. The largest absolute Gasteiger partial charge is 0.352 e. The van der Waals surface area contributed by atoms with E-state index in [9.17, 15) is 14.4 Å². The second-order valence-electron chi connectivity index (χ2n) is 7.39. The van der Waals surface area contributed by atoms with Gasteiger partial charge in [-0.05, 0) is 55.9 Å². The van der Waals surface area contributed by atoms with E-state index in [2.05, 4.69) is 5.32 Å². The molecule has 1 aromatic heterocycles. The van der Waals surface area contributed by atoms with Crippen molar-refractivity contribution in [2.24, 2.45) is 5.92 Å². The van der Waals surface area contributed by atoms with Crippen molar-refractivity contribution in [3.63, 3.8) is 0 Å². The number of Topliss-reactive ketones (excluding diaryl/α,β-unsaturated/α-hetero) is 1. The highest BCUT2D eigenvalue weighted by atomic mass is 35.5. The Kier molecular flexibility index (Phi) is 7.45. The first-order valence-electron chi connectivity index (χ1n) is 9.84. The van der Waals surface area contributed by atoms with Crippen molar-refractivity contribution in [3.8, 4) is 0 Å². The summed E-state index contributed by atoms with van der Waals surface area (Å²) in [6.07, 6.45) is 3.14. The van der Waals surface area contributed by atoms with Gasteiger partial charge in [0.2, 0.25) is 5.91 Å². The zero-order chi connectivity index (χ0) is 20.8. The smallest absolute Gasteiger partial charge is 0.263 e. The van der Waals surface area contributed by atoms with E-state index >= 15 is 0 Å². The molecule has 2 amide bonds. The molecular formula is C22H25ClN2O3S. The van der Waals surface area contributed by atoms with E-state index < -0.39 is 0 Å². The van der Waals surface area contributed by atoms with Crippen LogP contribution in [-0.2, 0) is 11.3 Å². The molecule has 29 heavy (non-hydrogen) atoms. The average Bonchev–Trinajstić information content (AvgIpc) is 3.22. The van der Waals surface area contributed by atoms with Crippen LogP contribution in [0.1, 0.15) is 57.5 Å². The number of thiophene rings is 1. The van der Waals surface area contributed by atoms with Crippen LogP contribution in [0.25, 0.3) is 0 Å². The number of amides is 2. The monoisotopic (exact) mass is 432 g/mol. The number of rotatable bonds is 7. The van der Waals surface area contributed by atoms with Gasteiger partial charge in [-0.15, -0.1) is 11.3 Å². The summed E-state index contributed by atoms with van der Waals surface area (Å²) in [6, 6.07) is 10.9. The second-order valence-corrected chi connectivity index (χ2v) is 8.88. The van der Waals surface area contributed by atoms with Crippen molar-refractivity contribution in [3.05, 3.63) is 56.7 Å². The van der Waals surface area contributed by atoms with Crippen molar-refractivity contribution in [1.29, 1.82) is 0 Å². The number of likely N-dealkylation sites (tertiary alicyclic amines) is 1. The highest BCUT2D eigenvalue weighted by molar-refractivity contribution is 7.15. The summed E-state index contributed by atoms with van der Waals surface area (Å²) in [5.74, 6) is 0.271. The lowest BCUT2D eigenvalue weighted by Crippen LogP contribution is -2.40. The number of carbonyl (C=O) groups excluding carboxylic acids is 3. The van der Waals surface area contributed by atoms with Crippen molar-refractivity contribution in [2.75, 3.05) is 13.1 Å². The molecular weight excluding hydrogens is 408 g/mol. The molecule has 3 rings (SSSR count). The van der Waals surface area contributed by atoms with E-state index in [0.717, 1.165) is 31.4 Å². The number of benzene rings is 1. The highest BCUT2D eigenvalue weighted by Gasteiger charge is 2.26. The SMILES string of the molecule is CC(=O)c1ccc(C(=O)N2CCCC(CCC(=O)NCc3ccccc3Cl)C2)s1. The quantitative estimate of drug-likeness (QED) is 0.652. The number of nitrogens with zero attached hydrogens (tertiary/aromatic N) is 1. The second kappa shape index (κ2) is 10.0. The molecule has 1 atom stereocenters. The molecule has 0 spiro atoms. The summed E-state index contributed by atoms with van der Waals surface area (Å²) in [7, 11) is 0. The maximum atomic E-state index is 12.7. The van der Waals surface area contributed by atoms with Crippen LogP contribution < -0.4 is 5.32 Å². The summed E-state index contributed by atoms with van der Waals surface area (Å²) >= 11 is 7.37. The molecule has 7 heteroatoms. The van der Waals surface area contributed by atoms with Crippen molar-refractivity contribution in [2.45, 2.75) is 39.2 Å². The lowest BCUT2D eigenvalue weighted by atomic mass is 9.93. The summed E-state index contributed by atoms with van der Waals surface area (Å²) in [4.78, 5) is 39.5. The standard InChI is InChI=1S/C22H25ClN2O3S/c1-15(26)19-9-10-20(29-19)22(28)25-12-4-5-16(14-25)8-11-21(27)24-13-17-6-2-3-7-18(17)23/h2-3,6-7,9-10,16H,4-5,8,11-14H2,1H3,(H,24,27). The Balaban J connectivity index is 1.46. The lowest BCUT2D eigenvalue weighted by molar-refractivity contribution is -0.121. The summed E-state index contributed by atoms with van der Waals surface area (Å²) in [5, 5.41) is 3.57. The van der Waals surface area contributed by atoms with Crippen LogP contribution >= 0.6 is 22.9 Å². The van der Waals surface area contributed by atoms with Crippen molar-refractivity contribution >= 4 is 40.5 Å². The lowest BCUT2D eigenvalue weighted by Gasteiger charge is -2.32. The Morgan fingerprint density at radius 3 is 2.66 bits per heavy atom. The minimum absolute atomic E-state index is 0.00211. The molecule has 154 valence electrons. The van der Waals surface area contributed by atoms with Gasteiger partial charge < -0.3 is 10.2 Å². The molecule has 2 aromatic rings. The molecule has 1 unspecified atom stereocenters. The summed E-state index contributed by atoms with van der Waals surface area (Å²) in [5.41, 5.74) is 0.901. The van der Waals surface area contributed by atoms with Gasteiger partial charge in [0.05, 0.1) is 9.75 Å². The number of hydrogen-bond acceptors (Lipinski definition) is 4. The number of hydrogen-bond donors (Lipinski definition) is 1. The highest BCUT2D eigenvalue weighted by Crippen LogP contribution is 2.25.